The van der Waals surface area contributed by atoms with Crippen molar-refractivity contribution in [1.82, 2.24) is 20.4 Å². The summed E-state index contributed by atoms with van der Waals surface area (Å²) in [5, 5.41) is 7.94. The van der Waals surface area contributed by atoms with E-state index in [2.05, 4.69) is 20.4 Å². The van der Waals surface area contributed by atoms with Gasteiger partial charge in [0.1, 0.15) is 0 Å². The highest BCUT2D eigenvalue weighted by atomic mass is 35.5. The van der Waals surface area contributed by atoms with E-state index in [1.165, 1.54) is 12.8 Å². The number of nitrogens with one attached hydrogen (secondary N) is 1. The van der Waals surface area contributed by atoms with Crippen LogP contribution in [0.5, 0.6) is 0 Å². The van der Waals surface area contributed by atoms with Crippen LogP contribution < -0.4 is 5.32 Å². The number of benzene rings is 1. The van der Waals surface area contributed by atoms with Crippen molar-refractivity contribution in [3.05, 3.63) is 35.2 Å². The molecule has 1 N–H and O–H groups in total. The first-order valence-electron chi connectivity index (χ1n) is 9.78. The van der Waals surface area contributed by atoms with Gasteiger partial charge >= 0.3 is 0 Å². The molecule has 2 aromatic rings. The van der Waals surface area contributed by atoms with Gasteiger partial charge in [-0.2, -0.15) is 4.98 Å². The molecule has 0 radical (unpaired) electrons. The average molecular weight is 389 g/mol. The lowest BCUT2D eigenvalue weighted by atomic mass is 9.96. The minimum Gasteiger partial charge on any atom is -0.353 e. The molecule has 1 saturated carbocycles. The lowest BCUT2D eigenvalue weighted by Crippen LogP contribution is -2.45. The molecule has 1 atom stereocenters. The van der Waals surface area contributed by atoms with Gasteiger partial charge in [-0.05, 0) is 44.4 Å². The number of likely N-dealkylation sites (tertiary alicyclic amines) is 1. The van der Waals surface area contributed by atoms with Crippen molar-refractivity contribution in [2.45, 2.75) is 51.1 Å². The third-order valence-corrected chi connectivity index (χ3v) is 5.72. The predicted molar refractivity (Wildman–Crippen MR) is 103 cm³/mol. The molecule has 0 spiro atoms. The second-order valence-electron chi connectivity index (χ2n) is 7.59. The Morgan fingerprint density at radius 2 is 2.11 bits per heavy atom. The van der Waals surface area contributed by atoms with Gasteiger partial charge in [-0.15, -0.1) is 0 Å². The van der Waals surface area contributed by atoms with Crippen LogP contribution in [0.1, 0.15) is 44.4 Å². The highest BCUT2D eigenvalue weighted by Gasteiger charge is 2.28. The maximum atomic E-state index is 12.6. The Bertz CT molecular complexity index is 788. The van der Waals surface area contributed by atoms with Crippen LogP contribution in [0.4, 0.5) is 0 Å². The highest BCUT2D eigenvalue weighted by molar-refractivity contribution is 6.30. The Morgan fingerprint density at radius 1 is 1.26 bits per heavy atom. The van der Waals surface area contributed by atoms with Crippen LogP contribution >= 0.6 is 11.6 Å². The van der Waals surface area contributed by atoms with Crippen molar-refractivity contribution >= 4 is 17.5 Å². The molecule has 1 aliphatic heterocycles. The second-order valence-corrected chi connectivity index (χ2v) is 8.02. The summed E-state index contributed by atoms with van der Waals surface area (Å²) in [6, 6.07) is 7.79. The van der Waals surface area contributed by atoms with Gasteiger partial charge in [-0.25, -0.2) is 0 Å². The Labute approximate surface area is 164 Å². The first-order valence-corrected chi connectivity index (χ1v) is 10.2. The molecule has 0 bridgehead atoms. The van der Waals surface area contributed by atoms with E-state index in [1.54, 1.807) is 0 Å². The lowest BCUT2D eigenvalue weighted by molar-refractivity contribution is -0.127. The van der Waals surface area contributed by atoms with Crippen molar-refractivity contribution in [3.63, 3.8) is 0 Å². The van der Waals surface area contributed by atoms with Crippen molar-refractivity contribution in [1.29, 1.82) is 0 Å². The number of carbonyl (C=O) groups is 1. The fraction of sp³-hybridized carbons (Fsp3) is 0.550. The normalized spacial score (nSPS) is 21.4. The summed E-state index contributed by atoms with van der Waals surface area (Å²) in [6.45, 7) is 2.26. The molecule has 27 heavy (non-hydrogen) atoms. The molecule has 7 heteroatoms. The van der Waals surface area contributed by atoms with Crippen LogP contribution in [-0.4, -0.2) is 40.1 Å². The summed E-state index contributed by atoms with van der Waals surface area (Å²) >= 11 is 6.03. The Hall–Kier alpha value is -1.92. The van der Waals surface area contributed by atoms with Crippen molar-refractivity contribution in [2.75, 3.05) is 13.1 Å². The number of rotatable bonds is 5. The van der Waals surface area contributed by atoms with E-state index >= 15 is 0 Å². The number of nitrogens with zero attached hydrogens (tertiary/aromatic N) is 3. The van der Waals surface area contributed by atoms with E-state index in [9.17, 15) is 4.79 Å². The quantitative estimate of drug-likeness (QED) is 0.846. The maximum Gasteiger partial charge on any atom is 0.241 e. The van der Waals surface area contributed by atoms with E-state index in [0.29, 0.717) is 29.3 Å². The standard InChI is InChI=1S/C20H25ClN4O2/c21-16-7-3-5-14(11-16)19-23-18(27-24-19)13-25-10-4-6-15(12-25)20(26)22-17-8-1-2-9-17/h3,5,7,11,15,17H,1-2,4,6,8-10,12-13H2,(H,22,26). The van der Waals surface area contributed by atoms with E-state index in [-0.39, 0.29) is 11.8 Å². The first kappa shape index (κ1) is 18.4. The van der Waals surface area contributed by atoms with E-state index in [1.807, 2.05) is 24.3 Å². The van der Waals surface area contributed by atoms with Crippen molar-refractivity contribution < 1.29 is 9.32 Å². The Morgan fingerprint density at radius 3 is 2.93 bits per heavy atom. The summed E-state index contributed by atoms with van der Waals surface area (Å²) < 4.78 is 5.42. The average Bonchev–Trinajstić information content (AvgIpc) is 3.34. The molecule has 1 aliphatic carbocycles. The molecular formula is C20H25ClN4O2. The van der Waals surface area contributed by atoms with Crippen molar-refractivity contribution in [3.8, 4) is 11.4 Å². The zero-order valence-electron chi connectivity index (χ0n) is 15.4. The molecule has 6 nitrogen and oxygen atoms in total. The molecule has 1 saturated heterocycles. The second kappa shape index (κ2) is 8.40. The first-order chi connectivity index (χ1) is 13.2. The van der Waals surface area contributed by atoms with Gasteiger partial charge in [0.2, 0.25) is 17.6 Å². The monoisotopic (exact) mass is 388 g/mol. The number of carbonyl (C=O) groups excluding carboxylic acids is 1. The number of piperidine rings is 1. The summed E-state index contributed by atoms with van der Waals surface area (Å²) in [5.74, 6) is 1.37. The van der Waals surface area contributed by atoms with Gasteiger partial charge in [0.25, 0.3) is 0 Å². The lowest BCUT2D eigenvalue weighted by Gasteiger charge is -2.31. The third-order valence-electron chi connectivity index (χ3n) is 5.49. The Balaban J connectivity index is 1.34. The number of hydrogen-bond donors (Lipinski definition) is 1. The topological polar surface area (TPSA) is 71.3 Å². The van der Waals surface area contributed by atoms with Crippen molar-refractivity contribution in [2.24, 2.45) is 5.92 Å². The fourth-order valence-corrected chi connectivity index (χ4v) is 4.25. The van der Waals surface area contributed by atoms with Gasteiger partial charge in [-0.1, -0.05) is 41.7 Å². The molecule has 1 aromatic carbocycles. The highest BCUT2D eigenvalue weighted by Crippen LogP contribution is 2.23. The minimum absolute atomic E-state index is 0.0506. The summed E-state index contributed by atoms with van der Waals surface area (Å²) in [7, 11) is 0. The molecular weight excluding hydrogens is 364 g/mol. The summed E-state index contributed by atoms with van der Waals surface area (Å²) in [6.07, 6.45) is 6.67. The SMILES string of the molecule is O=C(NC1CCCC1)C1CCCN(Cc2nc(-c3cccc(Cl)c3)no2)C1. The molecule has 2 aliphatic rings. The molecule has 1 aromatic heterocycles. The number of amides is 1. The van der Waals surface area contributed by atoms with Crippen LogP contribution in [0, 0.1) is 5.92 Å². The van der Waals surface area contributed by atoms with Gasteiger partial charge in [0, 0.05) is 23.2 Å². The largest absolute Gasteiger partial charge is 0.353 e. The molecule has 2 heterocycles. The zero-order chi connectivity index (χ0) is 18.6. The Kier molecular flexibility index (Phi) is 5.74. The maximum absolute atomic E-state index is 12.6. The number of hydrogen-bond acceptors (Lipinski definition) is 5. The van der Waals surface area contributed by atoms with Crippen LogP contribution in [0.3, 0.4) is 0 Å². The number of aromatic nitrogens is 2. The smallest absolute Gasteiger partial charge is 0.241 e. The van der Waals surface area contributed by atoms with Crippen LogP contribution in [0.25, 0.3) is 11.4 Å². The molecule has 1 unspecified atom stereocenters. The predicted octanol–water partition coefficient (Wildman–Crippen LogP) is 3.66. The fourth-order valence-electron chi connectivity index (χ4n) is 4.06. The van der Waals surface area contributed by atoms with E-state index < -0.39 is 0 Å². The molecule has 144 valence electrons. The van der Waals surface area contributed by atoms with Gasteiger partial charge < -0.3 is 9.84 Å². The van der Waals surface area contributed by atoms with Gasteiger partial charge in [-0.3, -0.25) is 9.69 Å². The van der Waals surface area contributed by atoms with Crippen LogP contribution in [0.2, 0.25) is 5.02 Å². The van der Waals surface area contributed by atoms with Crippen LogP contribution in [-0.2, 0) is 11.3 Å². The summed E-state index contributed by atoms with van der Waals surface area (Å²) in [4.78, 5) is 19.3. The molecule has 2 fully saturated rings. The van der Waals surface area contributed by atoms with Gasteiger partial charge in [0.15, 0.2) is 0 Å². The van der Waals surface area contributed by atoms with Crippen LogP contribution in [0.15, 0.2) is 28.8 Å². The minimum atomic E-state index is 0.0506. The third kappa shape index (κ3) is 4.68. The molecule has 4 rings (SSSR count). The molecule has 1 amide bonds. The van der Waals surface area contributed by atoms with E-state index in [4.69, 9.17) is 16.1 Å². The zero-order valence-corrected chi connectivity index (χ0v) is 16.1. The summed E-state index contributed by atoms with van der Waals surface area (Å²) in [5.41, 5.74) is 0.838. The van der Waals surface area contributed by atoms with E-state index in [0.717, 1.165) is 44.3 Å². The number of halogens is 1. The van der Waals surface area contributed by atoms with Gasteiger partial charge in [0.05, 0.1) is 12.5 Å².